The average molecular weight is 391 g/mol. The number of nitrogens with one attached hydrogen (secondary N) is 2. The maximum Gasteiger partial charge on any atom is 0.226 e. The van der Waals surface area contributed by atoms with E-state index in [4.69, 9.17) is 4.74 Å². The Morgan fingerprint density at radius 3 is 2.04 bits per heavy atom. The van der Waals surface area contributed by atoms with E-state index in [0.717, 1.165) is 6.26 Å². The number of rotatable bonds is 8. The summed E-state index contributed by atoms with van der Waals surface area (Å²) in [4.78, 5) is 12.5. The lowest BCUT2D eigenvalue weighted by molar-refractivity contribution is -0.116. The number of anilines is 1. The van der Waals surface area contributed by atoms with Crippen LogP contribution in [0, 0.1) is 0 Å². The molecule has 2 rings (SSSR count). The van der Waals surface area contributed by atoms with Crippen LogP contribution in [0.5, 0.6) is 5.75 Å². The van der Waals surface area contributed by atoms with Crippen molar-refractivity contribution in [2.45, 2.75) is 32.2 Å². The van der Waals surface area contributed by atoms with Crippen LogP contribution < -0.4 is 14.8 Å². The van der Waals surface area contributed by atoms with E-state index in [2.05, 4.69) is 23.9 Å². The van der Waals surface area contributed by atoms with E-state index in [-0.39, 0.29) is 12.3 Å². The molecular formula is C20H26N2O4S. The lowest BCUT2D eigenvalue weighted by Crippen LogP contribution is -2.30. The molecule has 0 aliphatic carbocycles. The second-order valence-electron chi connectivity index (χ2n) is 6.74. The molecule has 0 aliphatic rings. The summed E-state index contributed by atoms with van der Waals surface area (Å²) in [7, 11) is -1.93. The van der Waals surface area contributed by atoms with E-state index in [1.807, 2.05) is 24.3 Å². The lowest BCUT2D eigenvalue weighted by Gasteiger charge is -2.18. The molecule has 2 N–H and O–H groups in total. The topological polar surface area (TPSA) is 84.5 Å². The summed E-state index contributed by atoms with van der Waals surface area (Å²) in [5, 5.41) is 2.82. The van der Waals surface area contributed by atoms with Crippen molar-refractivity contribution in [3.63, 3.8) is 0 Å². The van der Waals surface area contributed by atoms with Crippen LogP contribution in [0.2, 0.25) is 0 Å². The third kappa shape index (κ3) is 6.69. The smallest absolute Gasteiger partial charge is 0.226 e. The molecule has 0 spiro atoms. The molecule has 0 saturated heterocycles. The first-order valence-corrected chi connectivity index (χ1v) is 10.6. The van der Waals surface area contributed by atoms with E-state index >= 15 is 0 Å². The van der Waals surface area contributed by atoms with Crippen molar-refractivity contribution in [3.8, 4) is 5.75 Å². The monoisotopic (exact) mass is 390 g/mol. The molecule has 0 fully saturated rings. The molecule has 0 aromatic heterocycles. The molecule has 0 saturated carbocycles. The fraction of sp³-hybridized carbons (Fsp3) is 0.350. The summed E-state index contributed by atoms with van der Waals surface area (Å²) in [6.45, 7) is 4.20. The summed E-state index contributed by atoms with van der Waals surface area (Å²) in [6, 6.07) is 13.9. The Labute approximate surface area is 161 Å². The molecule has 0 unspecified atom stereocenters. The third-order valence-corrected chi connectivity index (χ3v) is 4.84. The van der Waals surface area contributed by atoms with Crippen LogP contribution >= 0.6 is 0 Å². The van der Waals surface area contributed by atoms with Crippen molar-refractivity contribution >= 4 is 21.6 Å². The van der Waals surface area contributed by atoms with Crippen molar-refractivity contribution in [2.24, 2.45) is 0 Å². The van der Waals surface area contributed by atoms with Crippen molar-refractivity contribution in [1.29, 1.82) is 0 Å². The number of methoxy groups -OCH3 is 1. The minimum absolute atomic E-state index is 0.0225. The maximum atomic E-state index is 12.5. The number of benzene rings is 2. The summed E-state index contributed by atoms with van der Waals surface area (Å²) in [5.41, 5.74) is 2.55. The van der Waals surface area contributed by atoms with Crippen molar-refractivity contribution < 1.29 is 17.9 Å². The predicted molar refractivity (Wildman–Crippen MR) is 107 cm³/mol. The molecule has 0 heterocycles. The van der Waals surface area contributed by atoms with Gasteiger partial charge in [0.25, 0.3) is 0 Å². The van der Waals surface area contributed by atoms with Crippen LogP contribution in [-0.4, -0.2) is 27.7 Å². The predicted octanol–water partition coefficient (Wildman–Crippen LogP) is 3.44. The van der Waals surface area contributed by atoms with E-state index < -0.39 is 16.1 Å². The fourth-order valence-corrected chi connectivity index (χ4v) is 3.41. The first-order chi connectivity index (χ1) is 12.7. The summed E-state index contributed by atoms with van der Waals surface area (Å²) in [5.74, 6) is 0.795. The SMILES string of the molecule is COc1ccc([C@@H](CC(=O)Nc2ccc(C(C)C)cc2)NS(C)(=O)=O)cc1. The highest BCUT2D eigenvalue weighted by Gasteiger charge is 2.20. The Morgan fingerprint density at radius 2 is 1.56 bits per heavy atom. The van der Waals surface area contributed by atoms with Gasteiger partial charge in [0, 0.05) is 12.1 Å². The van der Waals surface area contributed by atoms with Crippen LogP contribution in [0.15, 0.2) is 48.5 Å². The molecule has 146 valence electrons. The molecular weight excluding hydrogens is 364 g/mol. The number of sulfonamides is 1. The zero-order valence-corrected chi connectivity index (χ0v) is 16.8. The van der Waals surface area contributed by atoms with E-state index in [1.54, 1.807) is 31.4 Å². The van der Waals surface area contributed by atoms with Gasteiger partial charge >= 0.3 is 0 Å². The molecule has 1 amide bonds. The second kappa shape index (κ2) is 9.01. The molecule has 2 aromatic rings. The summed E-state index contributed by atoms with van der Waals surface area (Å²) >= 11 is 0. The lowest BCUT2D eigenvalue weighted by atomic mass is 10.0. The fourth-order valence-electron chi connectivity index (χ4n) is 2.67. The Kier molecular flexibility index (Phi) is 6.98. The molecule has 27 heavy (non-hydrogen) atoms. The van der Waals surface area contributed by atoms with Gasteiger partial charge in [-0.05, 0) is 41.3 Å². The van der Waals surface area contributed by atoms with E-state index in [0.29, 0.717) is 22.9 Å². The first-order valence-electron chi connectivity index (χ1n) is 8.69. The molecule has 0 bridgehead atoms. The van der Waals surface area contributed by atoms with Gasteiger partial charge in [0.2, 0.25) is 15.9 Å². The Bertz CT molecular complexity index is 860. The van der Waals surface area contributed by atoms with E-state index in [1.165, 1.54) is 5.56 Å². The normalized spacial score (nSPS) is 12.6. The maximum absolute atomic E-state index is 12.5. The zero-order valence-electron chi connectivity index (χ0n) is 16.0. The minimum Gasteiger partial charge on any atom is -0.497 e. The molecule has 7 heteroatoms. The number of hydrogen-bond acceptors (Lipinski definition) is 4. The Balaban J connectivity index is 2.12. The van der Waals surface area contributed by atoms with Gasteiger partial charge in [-0.1, -0.05) is 38.1 Å². The van der Waals surface area contributed by atoms with E-state index in [9.17, 15) is 13.2 Å². The zero-order chi connectivity index (χ0) is 20.0. The second-order valence-corrected chi connectivity index (χ2v) is 8.52. The van der Waals surface area contributed by atoms with Gasteiger partial charge in [-0.25, -0.2) is 13.1 Å². The van der Waals surface area contributed by atoms with Gasteiger partial charge in [0.05, 0.1) is 19.4 Å². The largest absolute Gasteiger partial charge is 0.497 e. The quantitative estimate of drug-likeness (QED) is 0.723. The molecule has 6 nitrogen and oxygen atoms in total. The number of carbonyl (C=O) groups is 1. The number of ether oxygens (including phenoxy) is 1. The van der Waals surface area contributed by atoms with Crippen molar-refractivity contribution in [2.75, 3.05) is 18.7 Å². The molecule has 2 aromatic carbocycles. The van der Waals surface area contributed by atoms with Gasteiger partial charge in [-0.2, -0.15) is 0 Å². The Morgan fingerprint density at radius 1 is 1.00 bits per heavy atom. The molecule has 0 radical (unpaired) electrons. The van der Waals surface area contributed by atoms with Gasteiger partial charge in [-0.15, -0.1) is 0 Å². The van der Waals surface area contributed by atoms with Crippen molar-refractivity contribution in [3.05, 3.63) is 59.7 Å². The van der Waals surface area contributed by atoms with Gasteiger partial charge in [0.1, 0.15) is 5.75 Å². The highest BCUT2D eigenvalue weighted by Crippen LogP contribution is 2.22. The summed E-state index contributed by atoms with van der Waals surface area (Å²) < 4.78 is 31.1. The average Bonchev–Trinajstić information content (AvgIpc) is 2.60. The van der Waals surface area contributed by atoms with Crippen LogP contribution in [-0.2, 0) is 14.8 Å². The Hall–Kier alpha value is -2.38. The standard InChI is InChI=1S/C20H26N2O4S/c1-14(2)15-5-9-17(10-6-15)21-20(23)13-19(22-27(4,24)25)16-7-11-18(26-3)12-8-16/h5-12,14,19,22H,13H2,1-4H3,(H,21,23)/t19-/m1/s1. The third-order valence-electron chi connectivity index (χ3n) is 4.13. The van der Waals surface area contributed by atoms with Gasteiger partial charge < -0.3 is 10.1 Å². The minimum atomic E-state index is -3.48. The highest BCUT2D eigenvalue weighted by atomic mass is 32.2. The van der Waals surface area contributed by atoms with Crippen molar-refractivity contribution in [1.82, 2.24) is 4.72 Å². The van der Waals surface area contributed by atoms with Gasteiger partial charge in [-0.3, -0.25) is 4.79 Å². The van der Waals surface area contributed by atoms with Crippen LogP contribution in [0.1, 0.15) is 43.4 Å². The number of carbonyl (C=O) groups excluding carboxylic acids is 1. The number of amides is 1. The molecule has 0 aliphatic heterocycles. The van der Waals surface area contributed by atoms with Crippen LogP contribution in [0.4, 0.5) is 5.69 Å². The van der Waals surface area contributed by atoms with Gasteiger partial charge in [0.15, 0.2) is 0 Å². The van der Waals surface area contributed by atoms with Crippen LogP contribution in [0.3, 0.4) is 0 Å². The highest BCUT2D eigenvalue weighted by molar-refractivity contribution is 7.88. The first kappa shape index (κ1) is 20.9. The number of hydrogen-bond donors (Lipinski definition) is 2. The molecule has 1 atom stereocenters. The van der Waals surface area contributed by atoms with Crippen LogP contribution in [0.25, 0.3) is 0 Å². The summed E-state index contributed by atoms with van der Waals surface area (Å²) in [6.07, 6.45) is 1.05.